The minimum atomic E-state index is 0.110. The van der Waals surface area contributed by atoms with Gasteiger partial charge >= 0.3 is 0 Å². The normalized spacial score (nSPS) is 25.5. The van der Waals surface area contributed by atoms with Crippen LogP contribution in [0.2, 0.25) is 0 Å². The SMILES string of the molecule is CCC1CCC(C#N)C(N(C)c2ccc(C#N)cc2)C1. The van der Waals surface area contributed by atoms with Crippen molar-refractivity contribution < 1.29 is 0 Å². The van der Waals surface area contributed by atoms with Crippen LogP contribution in [-0.4, -0.2) is 13.1 Å². The molecule has 0 aliphatic heterocycles. The van der Waals surface area contributed by atoms with Crippen LogP contribution in [0, 0.1) is 34.5 Å². The topological polar surface area (TPSA) is 50.8 Å². The molecule has 3 nitrogen and oxygen atoms in total. The number of rotatable bonds is 3. The first-order valence-electron chi connectivity index (χ1n) is 7.32. The molecular formula is C17H21N3. The Labute approximate surface area is 121 Å². The van der Waals surface area contributed by atoms with Gasteiger partial charge in [0.1, 0.15) is 0 Å². The zero-order valence-corrected chi connectivity index (χ0v) is 12.2. The number of hydrogen-bond acceptors (Lipinski definition) is 3. The van der Waals surface area contributed by atoms with E-state index in [0.29, 0.717) is 5.56 Å². The highest BCUT2D eigenvalue weighted by atomic mass is 15.1. The average Bonchev–Trinajstić information content (AvgIpc) is 2.53. The fourth-order valence-corrected chi connectivity index (χ4v) is 3.14. The lowest BCUT2D eigenvalue weighted by atomic mass is 9.77. The van der Waals surface area contributed by atoms with Crippen LogP contribution in [-0.2, 0) is 0 Å². The molecular weight excluding hydrogens is 246 g/mol. The molecule has 3 unspecified atom stereocenters. The summed E-state index contributed by atoms with van der Waals surface area (Å²) in [6.45, 7) is 2.23. The second kappa shape index (κ2) is 6.44. The van der Waals surface area contributed by atoms with E-state index < -0.39 is 0 Å². The highest BCUT2D eigenvalue weighted by Gasteiger charge is 2.32. The molecule has 2 rings (SSSR count). The van der Waals surface area contributed by atoms with E-state index in [1.807, 2.05) is 24.3 Å². The second-order valence-corrected chi connectivity index (χ2v) is 5.66. The third kappa shape index (κ3) is 2.94. The molecule has 0 N–H and O–H groups in total. The number of benzene rings is 1. The predicted molar refractivity (Wildman–Crippen MR) is 80.1 cm³/mol. The molecule has 104 valence electrons. The fourth-order valence-electron chi connectivity index (χ4n) is 3.14. The standard InChI is InChI=1S/C17H21N3/c1-3-13-4-7-15(12-19)17(10-13)20(2)16-8-5-14(11-18)6-9-16/h5-6,8-9,13,15,17H,3-4,7,10H2,1-2H3. The van der Waals surface area contributed by atoms with Gasteiger partial charge in [-0.15, -0.1) is 0 Å². The van der Waals surface area contributed by atoms with E-state index in [0.717, 1.165) is 24.4 Å². The van der Waals surface area contributed by atoms with Crippen LogP contribution >= 0.6 is 0 Å². The summed E-state index contributed by atoms with van der Waals surface area (Å²) in [5.41, 5.74) is 1.76. The summed E-state index contributed by atoms with van der Waals surface area (Å²) in [5.74, 6) is 0.837. The maximum absolute atomic E-state index is 9.38. The molecule has 1 aromatic carbocycles. The van der Waals surface area contributed by atoms with Crippen molar-refractivity contribution in [2.24, 2.45) is 11.8 Å². The van der Waals surface area contributed by atoms with Crippen LogP contribution in [0.3, 0.4) is 0 Å². The molecule has 0 saturated heterocycles. The van der Waals surface area contributed by atoms with Gasteiger partial charge in [-0.3, -0.25) is 0 Å². The molecule has 20 heavy (non-hydrogen) atoms. The van der Waals surface area contributed by atoms with Crippen LogP contribution in [0.5, 0.6) is 0 Å². The number of nitriles is 2. The van der Waals surface area contributed by atoms with Gasteiger partial charge in [0.25, 0.3) is 0 Å². The Bertz CT molecular complexity index is 521. The third-order valence-electron chi connectivity index (χ3n) is 4.57. The molecule has 3 heteroatoms. The van der Waals surface area contributed by atoms with Crippen molar-refractivity contribution in [3.05, 3.63) is 29.8 Å². The van der Waals surface area contributed by atoms with Crippen molar-refractivity contribution in [1.82, 2.24) is 0 Å². The highest BCUT2D eigenvalue weighted by Crippen LogP contribution is 2.35. The van der Waals surface area contributed by atoms with Gasteiger partial charge in [0, 0.05) is 18.8 Å². The molecule has 0 amide bonds. The van der Waals surface area contributed by atoms with E-state index in [1.165, 1.54) is 12.8 Å². The van der Waals surface area contributed by atoms with Crippen LogP contribution in [0.25, 0.3) is 0 Å². The lowest BCUT2D eigenvalue weighted by Crippen LogP contribution is -2.42. The van der Waals surface area contributed by atoms with Gasteiger partial charge in [0.05, 0.1) is 23.6 Å². The molecule has 0 radical (unpaired) electrons. The maximum Gasteiger partial charge on any atom is 0.0991 e. The first kappa shape index (κ1) is 14.4. The Balaban J connectivity index is 2.18. The molecule has 1 fully saturated rings. The van der Waals surface area contributed by atoms with E-state index in [4.69, 9.17) is 5.26 Å². The molecule has 1 aromatic rings. The van der Waals surface area contributed by atoms with E-state index in [-0.39, 0.29) is 12.0 Å². The van der Waals surface area contributed by atoms with Crippen molar-refractivity contribution >= 4 is 5.69 Å². The minimum absolute atomic E-state index is 0.110. The molecule has 0 spiro atoms. The minimum Gasteiger partial charge on any atom is -0.370 e. The van der Waals surface area contributed by atoms with Crippen LogP contribution < -0.4 is 4.90 Å². The molecule has 1 aliphatic carbocycles. The summed E-state index contributed by atoms with van der Waals surface area (Å²) in [6, 6.07) is 12.5. The second-order valence-electron chi connectivity index (χ2n) is 5.66. The van der Waals surface area contributed by atoms with Gasteiger partial charge in [-0.2, -0.15) is 10.5 Å². The maximum atomic E-state index is 9.38. The largest absolute Gasteiger partial charge is 0.370 e. The number of nitrogens with zero attached hydrogens (tertiary/aromatic N) is 3. The number of anilines is 1. The van der Waals surface area contributed by atoms with E-state index >= 15 is 0 Å². The summed E-state index contributed by atoms with van der Waals surface area (Å²) in [6.07, 6.45) is 4.45. The highest BCUT2D eigenvalue weighted by molar-refractivity contribution is 5.50. The van der Waals surface area contributed by atoms with Gasteiger partial charge in [-0.05, 0) is 49.4 Å². The van der Waals surface area contributed by atoms with Gasteiger partial charge < -0.3 is 4.90 Å². The van der Waals surface area contributed by atoms with Gasteiger partial charge in [0.15, 0.2) is 0 Å². The first-order valence-corrected chi connectivity index (χ1v) is 7.32. The summed E-state index contributed by atoms with van der Waals surface area (Å²) in [5, 5.41) is 18.2. The number of hydrogen-bond donors (Lipinski definition) is 0. The van der Waals surface area contributed by atoms with Crippen molar-refractivity contribution in [1.29, 1.82) is 10.5 Å². The average molecular weight is 267 g/mol. The zero-order valence-electron chi connectivity index (χ0n) is 12.2. The smallest absolute Gasteiger partial charge is 0.0991 e. The molecule has 3 atom stereocenters. The Hall–Kier alpha value is -2.00. The Kier molecular flexibility index (Phi) is 4.64. The van der Waals surface area contributed by atoms with Crippen molar-refractivity contribution in [2.45, 2.75) is 38.6 Å². The summed E-state index contributed by atoms with van der Waals surface area (Å²) >= 11 is 0. The zero-order chi connectivity index (χ0) is 14.5. The molecule has 1 saturated carbocycles. The van der Waals surface area contributed by atoms with Crippen LogP contribution in [0.4, 0.5) is 5.69 Å². The third-order valence-corrected chi connectivity index (χ3v) is 4.57. The summed E-state index contributed by atoms with van der Waals surface area (Å²) < 4.78 is 0. The molecule has 0 aromatic heterocycles. The summed E-state index contributed by atoms with van der Waals surface area (Å²) in [7, 11) is 2.06. The molecule has 0 heterocycles. The van der Waals surface area contributed by atoms with Gasteiger partial charge in [-0.25, -0.2) is 0 Å². The molecule has 0 bridgehead atoms. The molecule has 1 aliphatic rings. The van der Waals surface area contributed by atoms with Crippen molar-refractivity contribution in [3.8, 4) is 12.1 Å². The Morgan fingerprint density at radius 3 is 2.45 bits per heavy atom. The lowest BCUT2D eigenvalue weighted by Gasteiger charge is -2.39. The lowest BCUT2D eigenvalue weighted by molar-refractivity contribution is 0.265. The van der Waals surface area contributed by atoms with E-state index in [9.17, 15) is 5.26 Å². The quantitative estimate of drug-likeness (QED) is 0.838. The predicted octanol–water partition coefficient (Wildman–Crippen LogP) is 3.71. The van der Waals surface area contributed by atoms with Crippen LogP contribution in [0.1, 0.15) is 38.2 Å². The fraction of sp³-hybridized carbons (Fsp3) is 0.529. The van der Waals surface area contributed by atoms with Crippen molar-refractivity contribution in [3.63, 3.8) is 0 Å². The Morgan fingerprint density at radius 2 is 1.90 bits per heavy atom. The van der Waals surface area contributed by atoms with Crippen molar-refractivity contribution in [2.75, 3.05) is 11.9 Å². The van der Waals surface area contributed by atoms with E-state index in [1.54, 1.807) is 0 Å². The van der Waals surface area contributed by atoms with Crippen LogP contribution in [0.15, 0.2) is 24.3 Å². The monoisotopic (exact) mass is 267 g/mol. The summed E-state index contributed by atoms with van der Waals surface area (Å²) in [4.78, 5) is 2.22. The first-order chi connectivity index (χ1) is 9.69. The van der Waals surface area contributed by atoms with Gasteiger partial charge in [0.2, 0.25) is 0 Å². The Morgan fingerprint density at radius 1 is 1.20 bits per heavy atom. The van der Waals surface area contributed by atoms with E-state index in [2.05, 4.69) is 31.0 Å². The van der Waals surface area contributed by atoms with Gasteiger partial charge in [-0.1, -0.05) is 13.3 Å².